The van der Waals surface area contributed by atoms with Gasteiger partial charge in [-0.1, -0.05) is 86.3 Å². The maximum Gasteiger partial charge on any atom is 0.243 e. The van der Waals surface area contributed by atoms with Crippen molar-refractivity contribution in [1.82, 2.24) is 24.1 Å². The van der Waals surface area contributed by atoms with Crippen LogP contribution in [0, 0.1) is 6.92 Å². The summed E-state index contributed by atoms with van der Waals surface area (Å²) in [5.74, 6) is 0.545. The summed E-state index contributed by atoms with van der Waals surface area (Å²) < 4.78 is 29.9. The Labute approximate surface area is 244 Å². The number of aromatic nitrogens is 4. The molecule has 0 saturated carbocycles. The SMILES string of the molecule is CCN(CC)S(=O)(=O)c1cccc(-c2nnc(SC(C)C(=O)c3c(C)[nH]c4ccccc34)n2Cc2ccccc2)c1. The number of thioether (sulfide) groups is 1. The number of aromatic amines is 1. The lowest BCUT2D eigenvalue weighted by Gasteiger charge is -2.19. The molecule has 0 aliphatic rings. The Balaban J connectivity index is 1.53. The summed E-state index contributed by atoms with van der Waals surface area (Å²) in [4.78, 5) is 17.2. The van der Waals surface area contributed by atoms with Crippen LogP contribution in [0.5, 0.6) is 0 Å². The van der Waals surface area contributed by atoms with Crippen molar-refractivity contribution in [2.24, 2.45) is 0 Å². The van der Waals surface area contributed by atoms with Crippen molar-refractivity contribution < 1.29 is 13.2 Å². The number of Topliss-reactive ketones (excluding diaryl/α,β-unsaturated/α-hetero) is 1. The number of H-pyrrole nitrogens is 1. The maximum absolute atomic E-state index is 13.7. The maximum atomic E-state index is 13.7. The normalized spacial score (nSPS) is 12.7. The van der Waals surface area contributed by atoms with E-state index in [1.807, 2.05) is 92.9 Å². The first-order chi connectivity index (χ1) is 19.7. The summed E-state index contributed by atoms with van der Waals surface area (Å²) in [6, 6.07) is 24.5. The second-order valence-corrected chi connectivity index (χ2v) is 13.0. The number of carbonyl (C=O) groups excluding carboxylic acids is 1. The van der Waals surface area contributed by atoms with Crippen molar-refractivity contribution in [3.63, 3.8) is 0 Å². The van der Waals surface area contributed by atoms with Crippen LogP contribution in [-0.2, 0) is 16.6 Å². The van der Waals surface area contributed by atoms with Gasteiger partial charge in [0.15, 0.2) is 16.8 Å². The molecule has 5 aromatic rings. The third-order valence-electron chi connectivity index (χ3n) is 7.13. The molecule has 1 unspecified atom stereocenters. The van der Waals surface area contributed by atoms with Gasteiger partial charge in [0.05, 0.1) is 16.7 Å². The zero-order chi connectivity index (χ0) is 29.1. The smallest absolute Gasteiger partial charge is 0.243 e. The van der Waals surface area contributed by atoms with Crippen LogP contribution in [0.25, 0.3) is 22.3 Å². The molecule has 1 atom stereocenters. The van der Waals surface area contributed by atoms with Crippen molar-refractivity contribution in [1.29, 1.82) is 0 Å². The number of hydrogen-bond donors (Lipinski definition) is 1. The molecule has 0 fully saturated rings. The van der Waals surface area contributed by atoms with Crippen molar-refractivity contribution in [3.8, 4) is 11.4 Å². The highest BCUT2D eigenvalue weighted by Gasteiger charge is 2.27. The quantitative estimate of drug-likeness (QED) is 0.146. The van der Waals surface area contributed by atoms with Gasteiger partial charge >= 0.3 is 0 Å². The van der Waals surface area contributed by atoms with E-state index in [1.165, 1.54) is 16.1 Å². The van der Waals surface area contributed by atoms with Crippen LogP contribution in [-0.4, -0.2) is 56.6 Å². The first-order valence-electron chi connectivity index (χ1n) is 13.6. The van der Waals surface area contributed by atoms with E-state index in [2.05, 4.69) is 15.2 Å². The van der Waals surface area contributed by atoms with Gasteiger partial charge in [0.2, 0.25) is 10.0 Å². The van der Waals surface area contributed by atoms with Crippen molar-refractivity contribution in [2.45, 2.75) is 49.5 Å². The van der Waals surface area contributed by atoms with Crippen LogP contribution in [0.15, 0.2) is 88.9 Å². The van der Waals surface area contributed by atoms with Crippen molar-refractivity contribution in [2.75, 3.05) is 13.1 Å². The number of benzene rings is 3. The van der Waals surface area contributed by atoms with E-state index < -0.39 is 15.3 Å². The van der Waals surface area contributed by atoms with Gasteiger partial charge in [0.25, 0.3) is 0 Å². The highest BCUT2D eigenvalue weighted by Crippen LogP contribution is 2.32. The van der Waals surface area contributed by atoms with Crippen LogP contribution in [0.4, 0.5) is 0 Å². The Bertz CT molecular complexity index is 1790. The van der Waals surface area contributed by atoms with E-state index in [1.54, 1.807) is 18.2 Å². The number of ketones is 1. The number of rotatable bonds is 11. The zero-order valence-corrected chi connectivity index (χ0v) is 25.2. The Morgan fingerprint density at radius 3 is 2.41 bits per heavy atom. The summed E-state index contributed by atoms with van der Waals surface area (Å²) in [5, 5.41) is 10.0. The topological polar surface area (TPSA) is 101 Å². The summed E-state index contributed by atoms with van der Waals surface area (Å²) in [7, 11) is -3.65. The molecule has 0 bridgehead atoms. The van der Waals surface area contributed by atoms with E-state index in [0.717, 1.165) is 22.2 Å². The van der Waals surface area contributed by atoms with Crippen LogP contribution >= 0.6 is 11.8 Å². The largest absolute Gasteiger partial charge is 0.358 e. The Kier molecular flexibility index (Phi) is 8.44. The first kappa shape index (κ1) is 28.8. The predicted molar refractivity (Wildman–Crippen MR) is 164 cm³/mol. The van der Waals surface area contributed by atoms with Gasteiger partial charge in [-0.3, -0.25) is 9.36 Å². The molecule has 8 nitrogen and oxygen atoms in total. The molecule has 0 amide bonds. The zero-order valence-electron chi connectivity index (χ0n) is 23.5. The average molecular weight is 588 g/mol. The Morgan fingerprint density at radius 2 is 1.68 bits per heavy atom. The van der Waals surface area contributed by atoms with Gasteiger partial charge in [-0.2, -0.15) is 4.31 Å². The first-order valence-corrected chi connectivity index (χ1v) is 15.9. The monoisotopic (exact) mass is 587 g/mol. The molecule has 0 saturated heterocycles. The third kappa shape index (κ3) is 5.72. The van der Waals surface area contributed by atoms with E-state index in [9.17, 15) is 13.2 Å². The lowest BCUT2D eigenvalue weighted by Crippen LogP contribution is -2.30. The molecule has 0 radical (unpaired) electrons. The predicted octanol–water partition coefficient (Wildman–Crippen LogP) is 6.18. The second-order valence-electron chi connectivity index (χ2n) is 9.79. The number of fused-ring (bicyclic) bond motifs is 1. The lowest BCUT2D eigenvalue weighted by molar-refractivity contribution is 0.0995. The highest BCUT2D eigenvalue weighted by atomic mass is 32.2. The fourth-order valence-corrected chi connectivity index (χ4v) is 7.43. The summed E-state index contributed by atoms with van der Waals surface area (Å²) in [6.07, 6.45) is 0. The molecule has 0 aliphatic heterocycles. The summed E-state index contributed by atoms with van der Waals surface area (Å²) in [5.41, 5.74) is 4.12. The number of para-hydroxylation sites is 1. The average Bonchev–Trinajstić information content (AvgIpc) is 3.53. The molecular formula is C31H33N5O3S2. The summed E-state index contributed by atoms with van der Waals surface area (Å²) in [6.45, 7) is 8.68. The van der Waals surface area contributed by atoms with E-state index in [4.69, 9.17) is 0 Å². The number of hydrogen-bond acceptors (Lipinski definition) is 6. The number of carbonyl (C=O) groups is 1. The number of sulfonamides is 1. The fourth-order valence-electron chi connectivity index (χ4n) is 5.02. The molecule has 212 valence electrons. The molecule has 0 spiro atoms. The van der Waals surface area contributed by atoms with Gasteiger partial charge in [0, 0.05) is 40.8 Å². The van der Waals surface area contributed by atoms with Gasteiger partial charge in [-0.05, 0) is 37.6 Å². The number of nitrogens with one attached hydrogen (secondary N) is 1. The molecule has 2 aromatic heterocycles. The standard InChI is InChI=1S/C31H33N5O3S2/c1-5-35(6-2)41(38,39)25-16-12-15-24(19-25)30-33-34-31(36(30)20-23-13-8-7-9-14-23)40-22(4)29(37)28-21(3)32-27-18-11-10-17-26(27)28/h7-19,22,32H,5-6,20H2,1-4H3. The van der Waals surface area contributed by atoms with E-state index in [0.29, 0.717) is 41.7 Å². The van der Waals surface area contributed by atoms with Crippen LogP contribution in [0.2, 0.25) is 0 Å². The number of aryl methyl sites for hydroxylation is 1. The minimum atomic E-state index is -3.65. The highest BCUT2D eigenvalue weighted by molar-refractivity contribution is 8.00. The minimum Gasteiger partial charge on any atom is -0.358 e. The van der Waals surface area contributed by atoms with Crippen LogP contribution in [0.1, 0.15) is 42.4 Å². The van der Waals surface area contributed by atoms with Crippen molar-refractivity contribution in [3.05, 3.63) is 95.7 Å². The second kappa shape index (κ2) is 12.0. The van der Waals surface area contributed by atoms with Gasteiger partial charge in [-0.25, -0.2) is 8.42 Å². The molecule has 5 rings (SSSR count). The molecule has 41 heavy (non-hydrogen) atoms. The van der Waals surface area contributed by atoms with E-state index >= 15 is 0 Å². The molecule has 0 aliphatic carbocycles. The molecule has 3 aromatic carbocycles. The van der Waals surface area contributed by atoms with E-state index in [-0.39, 0.29) is 10.7 Å². The molecule has 1 N–H and O–H groups in total. The van der Waals surface area contributed by atoms with Crippen molar-refractivity contribution >= 4 is 38.5 Å². The lowest BCUT2D eigenvalue weighted by atomic mass is 10.1. The fraction of sp³-hybridized carbons (Fsp3) is 0.258. The van der Waals surface area contributed by atoms with Crippen LogP contribution < -0.4 is 0 Å². The van der Waals surface area contributed by atoms with Crippen LogP contribution in [0.3, 0.4) is 0 Å². The van der Waals surface area contributed by atoms with Gasteiger partial charge in [0.1, 0.15) is 0 Å². The Morgan fingerprint density at radius 1 is 0.976 bits per heavy atom. The number of nitrogens with zero attached hydrogens (tertiary/aromatic N) is 4. The summed E-state index contributed by atoms with van der Waals surface area (Å²) >= 11 is 1.35. The molecule has 10 heteroatoms. The molecular weight excluding hydrogens is 555 g/mol. The molecule has 2 heterocycles. The minimum absolute atomic E-state index is 0.00748. The van der Waals surface area contributed by atoms with Gasteiger partial charge < -0.3 is 4.98 Å². The third-order valence-corrected chi connectivity index (χ3v) is 10.3. The Hall–Kier alpha value is -3.73. The van der Waals surface area contributed by atoms with Gasteiger partial charge in [-0.15, -0.1) is 10.2 Å².